The molecule has 0 aliphatic rings. The van der Waals surface area contributed by atoms with E-state index in [1.165, 1.54) is 16.7 Å². The number of para-hydroxylation sites is 2. The molecule has 1 aromatic heterocycles. The number of carboxylic acid groups (broad SMARTS) is 1. The van der Waals surface area contributed by atoms with E-state index in [0.29, 0.717) is 31.1 Å². The third-order valence-electron chi connectivity index (χ3n) is 2.49. The van der Waals surface area contributed by atoms with Crippen molar-refractivity contribution in [2.45, 2.75) is 13.3 Å². The Balaban J connectivity index is 1.90. The van der Waals surface area contributed by atoms with Crippen molar-refractivity contribution in [1.29, 1.82) is 0 Å². The van der Waals surface area contributed by atoms with Gasteiger partial charge in [-0.05, 0) is 19.1 Å². The molecule has 1 aromatic carbocycles. The van der Waals surface area contributed by atoms with E-state index in [0.717, 1.165) is 5.01 Å². The number of thiazole rings is 1. The number of ether oxygens (including phenoxy) is 2. The summed E-state index contributed by atoms with van der Waals surface area (Å²) in [6.07, 6.45) is 0.568. The summed E-state index contributed by atoms with van der Waals surface area (Å²) in [5, 5.41) is 11.1. The molecular formula is C14H15NO4S. The Morgan fingerprint density at radius 2 is 2.00 bits per heavy atom. The van der Waals surface area contributed by atoms with Gasteiger partial charge in [0.1, 0.15) is 0 Å². The molecule has 0 saturated carbocycles. The van der Waals surface area contributed by atoms with Crippen LogP contribution in [0.15, 0.2) is 29.6 Å². The van der Waals surface area contributed by atoms with Crippen LogP contribution in [0.5, 0.6) is 11.5 Å². The minimum absolute atomic E-state index is 0.0831. The van der Waals surface area contributed by atoms with Crippen LogP contribution in [0.25, 0.3) is 0 Å². The van der Waals surface area contributed by atoms with E-state index in [1.807, 2.05) is 31.2 Å². The summed E-state index contributed by atoms with van der Waals surface area (Å²) in [5.74, 6) is 0.389. The third kappa shape index (κ3) is 3.71. The Bertz CT molecular complexity index is 582. The van der Waals surface area contributed by atoms with Crippen LogP contribution in [0.2, 0.25) is 0 Å². The van der Waals surface area contributed by atoms with Gasteiger partial charge in [0, 0.05) is 11.8 Å². The molecule has 0 aliphatic carbocycles. The summed E-state index contributed by atoms with van der Waals surface area (Å²) in [5.41, 5.74) is 0.0831. The second-order valence-electron chi connectivity index (χ2n) is 3.91. The molecule has 1 N–H and O–H groups in total. The topological polar surface area (TPSA) is 68.7 Å². The number of benzene rings is 1. The number of aromatic nitrogens is 1. The molecule has 0 unspecified atom stereocenters. The molecule has 5 nitrogen and oxygen atoms in total. The molecule has 106 valence electrons. The number of hydrogen-bond acceptors (Lipinski definition) is 5. The third-order valence-corrected chi connectivity index (χ3v) is 3.40. The molecule has 0 bridgehead atoms. The summed E-state index contributed by atoms with van der Waals surface area (Å²) in [4.78, 5) is 14.7. The Labute approximate surface area is 120 Å². The van der Waals surface area contributed by atoms with Gasteiger partial charge in [0.2, 0.25) is 0 Å². The van der Waals surface area contributed by atoms with Crippen LogP contribution in [0.1, 0.15) is 22.4 Å². The smallest absolute Gasteiger partial charge is 0.355 e. The van der Waals surface area contributed by atoms with Gasteiger partial charge < -0.3 is 14.6 Å². The Morgan fingerprint density at radius 1 is 1.30 bits per heavy atom. The molecule has 1 heterocycles. The minimum Gasteiger partial charge on any atom is -0.490 e. The quantitative estimate of drug-likeness (QED) is 0.850. The van der Waals surface area contributed by atoms with Gasteiger partial charge in [0.25, 0.3) is 0 Å². The summed E-state index contributed by atoms with van der Waals surface area (Å²) in [6.45, 7) is 2.92. The van der Waals surface area contributed by atoms with Gasteiger partial charge in [-0.25, -0.2) is 9.78 Å². The van der Waals surface area contributed by atoms with E-state index in [4.69, 9.17) is 14.6 Å². The number of aromatic carboxylic acids is 1. The van der Waals surface area contributed by atoms with E-state index in [1.54, 1.807) is 0 Å². The molecule has 0 radical (unpaired) electrons. The highest BCUT2D eigenvalue weighted by Crippen LogP contribution is 2.26. The normalized spacial score (nSPS) is 10.2. The Hall–Kier alpha value is -2.08. The van der Waals surface area contributed by atoms with E-state index in [-0.39, 0.29) is 5.69 Å². The highest BCUT2D eigenvalue weighted by atomic mass is 32.1. The summed E-state index contributed by atoms with van der Waals surface area (Å²) in [7, 11) is 0. The van der Waals surface area contributed by atoms with E-state index in [2.05, 4.69) is 4.98 Å². The lowest BCUT2D eigenvalue weighted by molar-refractivity contribution is 0.0691. The summed E-state index contributed by atoms with van der Waals surface area (Å²) in [6, 6.07) is 7.46. The number of carboxylic acids is 1. The molecule has 0 aliphatic heterocycles. The predicted octanol–water partition coefficient (Wildman–Crippen LogP) is 2.86. The molecule has 6 heteroatoms. The number of rotatable bonds is 7. The second-order valence-corrected chi connectivity index (χ2v) is 4.85. The first kappa shape index (κ1) is 14.3. The summed E-state index contributed by atoms with van der Waals surface area (Å²) >= 11 is 1.32. The number of hydrogen-bond donors (Lipinski definition) is 1. The van der Waals surface area contributed by atoms with E-state index in [9.17, 15) is 4.79 Å². The van der Waals surface area contributed by atoms with Crippen molar-refractivity contribution in [2.24, 2.45) is 0 Å². The van der Waals surface area contributed by atoms with Gasteiger partial charge >= 0.3 is 5.97 Å². The highest BCUT2D eigenvalue weighted by Gasteiger charge is 2.09. The molecule has 2 rings (SSSR count). The van der Waals surface area contributed by atoms with Crippen LogP contribution in [-0.4, -0.2) is 29.3 Å². The monoisotopic (exact) mass is 293 g/mol. The molecule has 0 amide bonds. The maximum absolute atomic E-state index is 10.7. The zero-order valence-corrected chi connectivity index (χ0v) is 11.9. The van der Waals surface area contributed by atoms with Crippen molar-refractivity contribution in [2.75, 3.05) is 13.2 Å². The molecule has 0 saturated heterocycles. The summed E-state index contributed by atoms with van der Waals surface area (Å²) < 4.78 is 11.1. The maximum atomic E-state index is 10.7. The molecular weight excluding hydrogens is 278 g/mol. The molecule has 0 fully saturated rings. The lowest BCUT2D eigenvalue weighted by Crippen LogP contribution is -2.04. The zero-order chi connectivity index (χ0) is 14.4. The average Bonchev–Trinajstić information content (AvgIpc) is 2.90. The maximum Gasteiger partial charge on any atom is 0.355 e. The van der Waals surface area contributed by atoms with Gasteiger partial charge in [-0.2, -0.15) is 0 Å². The predicted molar refractivity (Wildman–Crippen MR) is 75.9 cm³/mol. The minimum atomic E-state index is -1.00. The van der Waals surface area contributed by atoms with Crippen molar-refractivity contribution < 1.29 is 19.4 Å². The first-order chi connectivity index (χ1) is 9.70. The molecule has 0 atom stereocenters. The SMILES string of the molecule is CCOc1ccccc1OCCc1nc(C(=O)O)cs1. The standard InChI is InChI=1S/C14H15NO4S/c1-2-18-11-5-3-4-6-12(11)19-8-7-13-15-10(9-20-13)14(16)17/h3-6,9H,2,7-8H2,1H3,(H,16,17). The largest absolute Gasteiger partial charge is 0.490 e. The first-order valence-electron chi connectivity index (χ1n) is 6.23. The Kier molecular flexibility index (Phi) is 4.95. The van der Waals surface area contributed by atoms with E-state index >= 15 is 0 Å². The zero-order valence-electron chi connectivity index (χ0n) is 11.0. The average molecular weight is 293 g/mol. The lowest BCUT2D eigenvalue weighted by Gasteiger charge is -2.10. The van der Waals surface area contributed by atoms with Crippen molar-refractivity contribution in [3.63, 3.8) is 0 Å². The fraction of sp³-hybridized carbons (Fsp3) is 0.286. The number of carbonyl (C=O) groups is 1. The van der Waals surface area contributed by atoms with Gasteiger partial charge in [-0.15, -0.1) is 11.3 Å². The fourth-order valence-electron chi connectivity index (χ4n) is 1.62. The fourth-order valence-corrected chi connectivity index (χ4v) is 2.37. The van der Waals surface area contributed by atoms with Crippen LogP contribution >= 0.6 is 11.3 Å². The molecule has 20 heavy (non-hydrogen) atoms. The van der Waals surface area contributed by atoms with Gasteiger partial charge in [0.15, 0.2) is 17.2 Å². The van der Waals surface area contributed by atoms with Crippen molar-refractivity contribution in [1.82, 2.24) is 4.98 Å². The van der Waals surface area contributed by atoms with E-state index < -0.39 is 5.97 Å². The highest BCUT2D eigenvalue weighted by molar-refractivity contribution is 7.09. The lowest BCUT2D eigenvalue weighted by atomic mass is 10.3. The molecule has 0 spiro atoms. The Morgan fingerprint density at radius 3 is 2.60 bits per heavy atom. The van der Waals surface area contributed by atoms with Crippen molar-refractivity contribution >= 4 is 17.3 Å². The van der Waals surface area contributed by atoms with Crippen LogP contribution in [0.4, 0.5) is 0 Å². The number of nitrogens with zero attached hydrogens (tertiary/aromatic N) is 1. The molecule has 2 aromatic rings. The van der Waals surface area contributed by atoms with Gasteiger partial charge in [0.05, 0.1) is 18.2 Å². The van der Waals surface area contributed by atoms with Crippen LogP contribution in [0, 0.1) is 0 Å². The first-order valence-corrected chi connectivity index (χ1v) is 7.11. The van der Waals surface area contributed by atoms with Crippen molar-refractivity contribution in [3.8, 4) is 11.5 Å². The van der Waals surface area contributed by atoms with Crippen LogP contribution < -0.4 is 9.47 Å². The second kappa shape index (κ2) is 6.91. The van der Waals surface area contributed by atoms with Crippen LogP contribution in [0.3, 0.4) is 0 Å². The van der Waals surface area contributed by atoms with Gasteiger partial charge in [-0.3, -0.25) is 0 Å². The van der Waals surface area contributed by atoms with Gasteiger partial charge in [-0.1, -0.05) is 12.1 Å². The van der Waals surface area contributed by atoms with Crippen LogP contribution in [-0.2, 0) is 6.42 Å². The van der Waals surface area contributed by atoms with Crippen molar-refractivity contribution in [3.05, 3.63) is 40.3 Å².